The van der Waals surface area contributed by atoms with E-state index in [1.165, 1.54) is 18.4 Å². The maximum atomic E-state index is 12.9. The number of nitrogens with one attached hydrogen (secondary N) is 2. The summed E-state index contributed by atoms with van der Waals surface area (Å²) in [5, 5.41) is 13.6. The predicted octanol–water partition coefficient (Wildman–Crippen LogP) is 6.35. The van der Waals surface area contributed by atoms with E-state index in [-0.39, 0.29) is 5.91 Å². The van der Waals surface area contributed by atoms with Crippen molar-refractivity contribution in [2.75, 3.05) is 10.6 Å². The van der Waals surface area contributed by atoms with E-state index in [0.717, 1.165) is 33.8 Å². The van der Waals surface area contributed by atoms with Gasteiger partial charge in [-0.3, -0.25) is 9.36 Å². The molecule has 12 heteroatoms. The molecule has 9 nitrogen and oxygen atoms in total. The lowest BCUT2D eigenvalue weighted by atomic mass is 10.0. The van der Waals surface area contributed by atoms with Crippen LogP contribution in [0.15, 0.2) is 55.1 Å². The molecule has 1 saturated carbocycles. The van der Waals surface area contributed by atoms with E-state index in [1.54, 1.807) is 12.7 Å². The van der Waals surface area contributed by atoms with Gasteiger partial charge in [-0.15, -0.1) is 0 Å². The zero-order chi connectivity index (χ0) is 29.7. The molecule has 2 aromatic heterocycles. The fraction of sp³-hybridized carbons (Fsp3) is 0.276. The Balaban J connectivity index is 0.000000493. The van der Waals surface area contributed by atoms with Crippen LogP contribution >= 0.6 is 0 Å². The van der Waals surface area contributed by atoms with Gasteiger partial charge in [-0.1, -0.05) is 32.0 Å². The number of carbonyl (C=O) groups is 2. The first-order chi connectivity index (χ1) is 19.4. The number of alkyl halides is 3. The van der Waals surface area contributed by atoms with Gasteiger partial charge in [-0.05, 0) is 72.7 Å². The molecule has 0 saturated heterocycles. The first-order valence-electron chi connectivity index (χ1n) is 12.9. The van der Waals surface area contributed by atoms with Crippen LogP contribution in [-0.4, -0.2) is 48.7 Å². The smallest absolute Gasteiger partial charge is 0.475 e. The normalized spacial score (nSPS) is 13.2. The first-order valence-corrected chi connectivity index (χ1v) is 12.9. The average Bonchev–Trinajstić information content (AvgIpc) is 3.64. The summed E-state index contributed by atoms with van der Waals surface area (Å²) in [5.41, 5.74) is 6.12. The third-order valence-corrected chi connectivity index (χ3v) is 6.29. The van der Waals surface area contributed by atoms with Gasteiger partial charge in [0.05, 0.1) is 0 Å². The number of anilines is 2. The van der Waals surface area contributed by atoms with Gasteiger partial charge in [0.2, 0.25) is 0 Å². The number of halogens is 3. The summed E-state index contributed by atoms with van der Waals surface area (Å²) in [7, 11) is 0. The van der Waals surface area contributed by atoms with E-state index < -0.39 is 12.1 Å². The van der Waals surface area contributed by atoms with Crippen LogP contribution in [0.3, 0.4) is 0 Å². The molecule has 0 unspecified atom stereocenters. The fourth-order valence-corrected chi connectivity index (χ4v) is 3.79. The summed E-state index contributed by atoms with van der Waals surface area (Å²) >= 11 is 0. The van der Waals surface area contributed by atoms with E-state index in [1.807, 2.05) is 60.2 Å². The van der Waals surface area contributed by atoms with Crippen LogP contribution in [0.1, 0.15) is 59.7 Å². The summed E-state index contributed by atoms with van der Waals surface area (Å²) in [6, 6.07) is 14.2. The summed E-state index contributed by atoms with van der Waals surface area (Å²) in [4.78, 5) is 35.1. The van der Waals surface area contributed by atoms with Crippen LogP contribution in [-0.2, 0) is 4.79 Å². The summed E-state index contributed by atoms with van der Waals surface area (Å²) < 4.78 is 33.6. The van der Waals surface area contributed by atoms with Crippen molar-refractivity contribution in [1.82, 2.24) is 19.5 Å². The Hall–Kier alpha value is -4.74. The molecule has 214 valence electrons. The Bertz CT molecular complexity index is 1590. The van der Waals surface area contributed by atoms with Gasteiger partial charge in [0.15, 0.2) is 17.0 Å². The SMILES string of the molecule is Cc1ccc(C(=O)Nc2cccc(C(C)C)c2)cc1/C=C/n1cnc2c(NC3CC3)ncnc21.O=C(O)C(F)(F)F. The standard InChI is InChI=1S/C27H28N6O.C2HF3O2/c1-17(2)19-5-4-6-23(14-19)32-27(34)21-8-7-18(3)20(13-21)11-12-33-16-30-24-25(31-22-9-10-22)28-15-29-26(24)33;3-2(4,5)1(6)7/h4-8,11-17,22H,9-10H2,1-3H3,(H,32,34)(H,28,29,31);(H,6,7)/b12-11+;. The van der Waals surface area contributed by atoms with Crippen LogP contribution in [0.2, 0.25) is 0 Å². The molecule has 1 amide bonds. The number of aliphatic carboxylic acids is 1. The van der Waals surface area contributed by atoms with Crippen molar-refractivity contribution in [3.63, 3.8) is 0 Å². The molecule has 3 N–H and O–H groups in total. The van der Waals surface area contributed by atoms with E-state index >= 15 is 0 Å². The van der Waals surface area contributed by atoms with Crippen molar-refractivity contribution < 1.29 is 27.9 Å². The highest BCUT2D eigenvalue weighted by Crippen LogP contribution is 2.27. The topological polar surface area (TPSA) is 122 Å². The molecule has 1 aliphatic rings. The Kier molecular flexibility index (Phi) is 8.70. The van der Waals surface area contributed by atoms with Gasteiger partial charge in [0.25, 0.3) is 5.91 Å². The highest BCUT2D eigenvalue weighted by atomic mass is 19.4. The van der Waals surface area contributed by atoms with E-state index in [4.69, 9.17) is 9.90 Å². The second kappa shape index (κ2) is 12.2. The van der Waals surface area contributed by atoms with Crippen molar-refractivity contribution in [1.29, 1.82) is 0 Å². The number of carboxylic acids is 1. The minimum Gasteiger partial charge on any atom is -0.475 e. The molecule has 0 bridgehead atoms. The number of hydrogen-bond donors (Lipinski definition) is 3. The maximum absolute atomic E-state index is 12.9. The summed E-state index contributed by atoms with van der Waals surface area (Å²) in [6.07, 6.45) is 4.43. The van der Waals surface area contributed by atoms with Crippen molar-refractivity contribution in [3.05, 3.63) is 77.4 Å². The lowest BCUT2D eigenvalue weighted by molar-refractivity contribution is -0.192. The van der Waals surface area contributed by atoms with Crippen molar-refractivity contribution >= 4 is 46.8 Å². The summed E-state index contributed by atoms with van der Waals surface area (Å²) in [6.45, 7) is 6.30. The van der Waals surface area contributed by atoms with Gasteiger partial charge in [-0.2, -0.15) is 13.2 Å². The Morgan fingerprint density at radius 2 is 1.83 bits per heavy atom. The Labute approximate surface area is 234 Å². The van der Waals surface area contributed by atoms with E-state index in [0.29, 0.717) is 17.5 Å². The van der Waals surface area contributed by atoms with Crippen LogP contribution < -0.4 is 10.6 Å². The van der Waals surface area contributed by atoms with Gasteiger partial charge < -0.3 is 15.7 Å². The second-order valence-corrected chi connectivity index (χ2v) is 9.89. The number of carboxylic acid groups (broad SMARTS) is 1. The minimum absolute atomic E-state index is 0.132. The van der Waals surface area contributed by atoms with Crippen LogP contribution in [0.4, 0.5) is 24.7 Å². The lowest BCUT2D eigenvalue weighted by Crippen LogP contribution is -2.21. The van der Waals surface area contributed by atoms with Crippen molar-refractivity contribution in [2.24, 2.45) is 0 Å². The molecule has 1 fully saturated rings. The molecule has 2 heterocycles. The maximum Gasteiger partial charge on any atom is 0.490 e. The highest BCUT2D eigenvalue weighted by molar-refractivity contribution is 6.04. The van der Waals surface area contributed by atoms with E-state index in [9.17, 15) is 18.0 Å². The van der Waals surface area contributed by atoms with Gasteiger partial charge in [0.1, 0.15) is 12.7 Å². The number of aromatic nitrogens is 4. The quantitative estimate of drug-likeness (QED) is 0.238. The van der Waals surface area contributed by atoms with Gasteiger partial charge in [-0.25, -0.2) is 19.7 Å². The second-order valence-electron chi connectivity index (χ2n) is 9.89. The van der Waals surface area contributed by atoms with E-state index in [2.05, 4.69) is 45.5 Å². The zero-order valence-electron chi connectivity index (χ0n) is 22.6. The number of fused-ring (bicyclic) bond motifs is 1. The Morgan fingerprint density at radius 1 is 1.10 bits per heavy atom. The molecule has 41 heavy (non-hydrogen) atoms. The Morgan fingerprint density at radius 3 is 2.49 bits per heavy atom. The van der Waals surface area contributed by atoms with Crippen molar-refractivity contribution in [3.8, 4) is 0 Å². The molecule has 0 aliphatic heterocycles. The highest BCUT2D eigenvalue weighted by Gasteiger charge is 2.38. The molecule has 2 aromatic carbocycles. The molecular weight excluding hydrogens is 537 g/mol. The molecular formula is C29H29F3N6O3. The molecule has 5 rings (SSSR count). The third kappa shape index (κ3) is 7.68. The number of amides is 1. The summed E-state index contributed by atoms with van der Waals surface area (Å²) in [5.74, 6) is -1.71. The van der Waals surface area contributed by atoms with Gasteiger partial charge in [0, 0.05) is 23.5 Å². The van der Waals surface area contributed by atoms with Crippen LogP contribution in [0.5, 0.6) is 0 Å². The fourth-order valence-electron chi connectivity index (χ4n) is 3.79. The number of benzene rings is 2. The largest absolute Gasteiger partial charge is 0.490 e. The molecule has 1 aliphatic carbocycles. The molecule has 0 atom stereocenters. The number of carbonyl (C=O) groups excluding carboxylic acids is 1. The number of hydrogen-bond acceptors (Lipinski definition) is 6. The number of rotatable bonds is 7. The minimum atomic E-state index is -5.08. The predicted molar refractivity (Wildman–Crippen MR) is 151 cm³/mol. The number of aryl methyl sites for hydroxylation is 1. The lowest BCUT2D eigenvalue weighted by Gasteiger charge is -2.10. The van der Waals surface area contributed by atoms with Crippen molar-refractivity contribution in [2.45, 2.75) is 51.7 Å². The third-order valence-electron chi connectivity index (χ3n) is 6.29. The van der Waals surface area contributed by atoms with Crippen LogP contribution in [0.25, 0.3) is 23.4 Å². The molecule has 0 radical (unpaired) electrons. The molecule has 4 aromatic rings. The zero-order valence-corrected chi connectivity index (χ0v) is 22.6. The first kappa shape index (κ1) is 29.2. The monoisotopic (exact) mass is 566 g/mol. The number of imidazole rings is 1. The average molecular weight is 567 g/mol. The number of nitrogens with zero attached hydrogens (tertiary/aromatic N) is 4. The van der Waals surface area contributed by atoms with Gasteiger partial charge >= 0.3 is 12.1 Å². The molecule has 0 spiro atoms. The van der Waals surface area contributed by atoms with Crippen LogP contribution in [0, 0.1) is 6.92 Å².